The molecule has 5 rings (SSSR count). The third kappa shape index (κ3) is 3.99. The SMILES string of the molecule is Cc1[nH]c(/C=C2/C(=O)NN=C2c2cnccn2)c(-c2cnccn2)c1CCNC1CC1. The van der Waals surface area contributed by atoms with Crippen LogP contribution in [0.3, 0.4) is 0 Å². The van der Waals surface area contributed by atoms with Crippen LogP contribution in [0.15, 0.2) is 47.9 Å². The van der Waals surface area contributed by atoms with E-state index in [4.69, 9.17) is 0 Å². The van der Waals surface area contributed by atoms with Crippen molar-refractivity contribution in [1.29, 1.82) is 0 Å². The average Bonchev–Trinajstić information content (AvgIpc) is 3.48. The number of carbonyl (C=O) groups excluding carboxylic acids is 1. The lowest BCUT2D eigenvalue weighted by atomic mass is 10.00. The molecule has 0 radical (unpaired) electrons. The maximum Gasteiger partial charge on any atom is 0.273 e. The minimum absolute atomic E-state index is 0.282. The second kappa shape index (κ2) is 8.19. The predicted molar refractivity (Wildman–Crippen MR) is 116 cm³/mol. The van der Waals surface area contributed by atoms with Gasteiger partial charge in [0.15, 0.2) is 0 Å². The zero-order valence-corrected chi connectivity index (χ0v) is 17.1. The number of H-pyrrole nitrogens is 1. The topological polar surface area (TPSA) is 121 Å². The van der Waals surface area contributed by atoms with Gasteiger partial charge in [-0.2, -0.15) is 5.10 Å². The van der Waals surface area contributed by atoms with Crippen molar-refractivity contribution in [3.63, 3.8) is 0 Å². The molecule has 0 spiro atoms. The van der Waals surface area contributed by atoms with E-state index in [0.717, 1.165) is 41.2 Å². The summed E-state index contributed by atoms with van der Waals surface area (Å²) in [4.78, 5) is 33.2. The Morgan fingerprint density at radius 2 is 1.84 bits per heavy atom. The van der Waals surface area contributed by atoms with Gasteiger partial charge in [-0.05, 0) is 44.4 Å². The van der Waals surface area contributed by atoms with Crippen LogP contribution in [0.2, 0.25) is 0 Å². The predicted octanol–water partition coefficient (Wildman–Crippen LogP) is 1.78. The summed E-state index contributed by atoms with van der Waals surface area (Å²) >= 11 is 0. The maximum atomic E-state index is 12.6. The summed E-state index contributed by atoms with van der Waals surface area (Å²) in [6.45, 7) is 2.93. The molecule has 9 heteroatoms. The first-order valence-electron chi connectivity index (χ1n) is 10.3. The lowest BCUT2D eigenvalue weighted by Crippen LogP contribution is -2.19. The van der Waals surface area contributed by atoms with Crippen molar-refractivity contribution in [3.8, 4) is 11.3 Å². The Morgan fingerprint density at radius 1 is 1.10 bits per heavy atom. The highest BCUT2D eigenvalue weighted by atomic mass is 16.2. The third-order valence-corrected chi connectivity index (χ3v) is 5.41. The zero-order chi connectivity index (χ0) is 21.2. The first-order chi connectivity index (χ1) is 15.2. The monoisotopic (exact) mass is 414 g/mol. The van der Waals surface area contributed by atoms with Crippen LogP contribution >= 0.6 is 0 Å². The minimum atomic E-state index is -0.282. The number of aromatic amines is 1. The third-order valence-electron chi connectivity index (χ3n) is 5.41. The molecule has 0 atom stereocenters. The highest BCUT2D eigenvalue weighted by molar-refractivity contribution is 6.32. The minimum Gasteiger partial charge on any atom is -0.358 e. The molecule has 4 heterocycles. The smallest absolute Gasteiger partial charge is 0.273 e. The summed E-state index contributed by atoms with van der Waals surface area (Å²) in [5.41, 5.74) is 8.67. The number of rotatable bonds is 7. The van der Waals surface area contributed by atoms with Crippen molar-refractivity contribution in [3.05, 3.63) is 65.4 Å². The molecule has 0 bridgehead atoms. The van der Waals surface area contributed by atoms with Crippen molar-refractivity contribution in [1.82, 2.24) is 35.7 Å². The number of hydrazone groups is 1. The Morgan fingerprint density at radius 3 is 2.52 bits per heavy atom. The Bertz CT molecular complexity index is 1160. The molecule has 31 heavy (non-hydrogen) atoms. The van der Waals surface area contributed by atoms with E-state index >= 15 is 0 Å². The number of aryl methyl sites for hydroxylation is 1. The first kappa shape index (κ1) is 19.3. The van der Waals surface area contributed by atoms with E-state index in [0.29, 0.717) is 23.0 Å². The number of nitrogens with zero attached hydrogens (tertiary/aromatic N) is 5. The van der Waals surface area contributed by atoms with Gasteiger partial charge in [-0.1, -0.05) is 0 Å². The molecule has 0 saturated heterocycles. The normalized spacial score (nSPS) is 17.1. The second-order valence-corrected chi connectivity index (χ2v) is 7.64. The summed E-state index contributed by atoms with van der Waals surface area (Å²) in [6, 6.07) is 0.647. The van der Waals surface area contributed by atoms with E-state index in [1.54, 1.807) is 37.2 Å². The molecule has 1 saturated carbocycles. The summed E-state index contributed by atoms with van der Waals surface area (Å²) in [5, 5.41) is 7.73. The molecule has 1 fully saturated rings. The van der Waals surface area contributed by atoms with Crippen LogP contribution in [0.4, 0.5) is 0 Å². The van der Waals surface area contributed by atoms with Gasteiger partial charge in [0.1, 0.15) is 11.4 Å². The van der Waals surface area contributed by atoms with Gasteiger partial charge >= 0.3 is 0 Å². The Balaban J connectivity index is 1.56. The number of hydrogen-bond donors (Lipinski definition) is 3. The molecule has 1 aliphatic carbocycles. The van der Waals surface area contributed by atoms with Crippen LogP contribution in [0, 0.1) is 6.92 Å². The van der Waals surface area contributed by atoms with Crippen molar-refractivity contribution in [2.45, 2.75) is 32.2 Å². The summed E-state index contributed by atoms with van der Waals surface area (Å²) in [6.07, 6.45) is 15.0. The van der Waals surface area contributed by atoms with Gasteiger partial charge in [-0.15, -0.1) is 0 Å². The van der Waals surface area contributed by atoms with Crippen molar-refractivity contribution in [2.24, 2.45) is 5.10 Å². The van der Waals surface area contributed by atoms with Crippen LogP contribution in [-0.2, 0) is 11.2 Å². The molecule has 0 aromatic carbocycles. The van der Waals surface area contributed by atoms with Crippen LogP contribution in [-0.4, -0.2) is 49.1 Å². The lowest BCUT2D eigenvalue weighted by molar-refractivity contribution is -0.116. The highest BCUT2D eigenvalue weighted by Gasteiger charge is 2.27. The molecule has 3 N–H and O–H groups in total. The molecular formula is C22H22N8O. The maximum absolute atomic E-state index is 12.6. The standard InChI is InChI=1S/C22H22N8O/c1-13-15(4-5-25-14-2-3-14)20(18-11-23-6-8-26-18)17(28-13)10-16-21(29-30-22(16)31)19-12-24-7-9-27-19/h6-12,14,25,28H,2-5H2,1H3,(H,30,31)/b16-10+. The van der Waals surface area contributed by atoms with E-state index in [1.165, 1.54) is 12.8 Å². The van der Waals surface area contributed by atoms with Crippen LogP contribution < -0.4 is 10.7 Å². The van der Waals surface area contributed by atoms with Crippen LogP contribution in [0.1, 0.15) is 35.5 Å². The van der Waals surface area contributed by atoms with E-state index in [-0.39, 0.29) is 5.91 Å². The highest BCUT2D eigenvalue weighted by Crippen LogP contribution is 2.31. The first-order valence-corrected chi connectivity index (χ1v) is 10.3. The van der Waals surface area contributed by atoms with E-state index in [1.807, 2.05) is 13.0 Å². The Labute approximate surface area is 179 Å². The summed E-state index contributed by atoms with van der Waals surface area (Å²) < 4.78 is 0. The van der Waals surface area contributed by atoms with E-state index in [9.17, 15) is 4.79 Å². The molecule has 1 aliphatic heterocycles. The Hall–Kier alpha value is -3.72. The number of hydrogen-bond acceptors (Lipinski definition) is 7. The van der Waals surface area contributed by atoms with Gasteiger partial charge in [0.25, 0.3) is 5.91 Å². The second-order valence-electron chi connectivity index (χ2n) is 7.64. The molecule has 1 amide bonds. The van der Waals surface area contributed by atoms with Crippen LogP contribution in [0.25, 0.3) is 17.3 Å². The lowest BCUT2D eigenvalue weighted by Gasteiger charge is -2.08. The van der Waals surface area contributed by atoms with Gasteiger partial charge in [0, 0.05) is 47.8 Å². The van der Waals surface area contributed by atoms with E-state index in [2.05, 4.69) is 40.8 Å². The van der Waals surface area contributed by atoms with Gasteiger partial charge in [0.2, 0.25) is 0 Å². The number of aromatic nitrogens is 5. The van der Waals surface area contributed by atoms with Gasteiger partial charge in [-0.3, -0.25) is 24.7 Å². The largest absolute Gasteiger partial charge is 0.358 e. The Kier molecular flexibility index (Phi) is 5.09. The number of amides is 1. The molecule has 3 aromatic heterocycles. The van der Waals surface area contributed by atoms with Crippen molar-refractivity contribution < 1.29 is 4.79 Å². The number of carbonyl (C=O) groups is 1. The molecule has 3 aromatic rings. The molecular weight excluding hydrogens is 392 g/mol. The summed E-state index contributed by atoms with van der Waals surface area (Å²) in [5.74, 6) is -0.282. The zero-order valence-electron chi connectivity index (χ0n) is 17.1. The van der Waals surface area contributed by atoms with Crippen LogP contribution in [0.5, 0.6) is 0 Å². The average molecular weight is 414 g/mol. The van der Waals surface area contributed by atoms with Gasteiger partial charge in [0.05, 0.1) is 23.7 Å². The molecule has 9 nitrogen and oxygen atoms in total. The number of nitrogens with one attached hydrogen (secondary N) is 3. The van der Waals surface area contributed by atoms with Crippen molar-refractivity contribution in [2.75, 3.05) is 6.54 Å². The van der Waals surface area contributed by atoms with Crippen molar-refractivity contribution >= 4 is 17.7 Å². The fraction of sp³-hybridized carbons (Fsp3) is 0.273. The fourth-order valence-electron chi connectivity index (χ4n) is 3.75. The molecule has 2 aliphatic rings. The quantitative estimate of drug-likeness (QED) is 0.507. The molecule has 0 unspecified atom stereocenters. The van der Waals surface area contributed by atoms with Gasteiger partial charge < -0.3 is 10.3 Å². The van der Waals surface area contributed by atoms with E-state index < -0.39 is 0 Å². The summed E-state index contributed by atoms with van der Waals surface area (Å²) in [7, 11) is 0. The van der Waals surface area contributed by atoms with Gasteiger partial charge in [-0.25, -0.2) is 5.43 Å². The molecule has 156 valence electrons. The fourth-order valence-corrected chi connectivity index (χ4v) is 3.75.